The van der Waals surface area contributed by atoms with Crippen LogP contribution in [-0.4, -0.2) is 90.4 Å². The van der Waals surface area contributed by atoms with Crippen LogP contribution in [0.25, 0.3) is 0 Å². The van der Waals surface area contributed by atoms with E-state index in [0.29, 0.717) is 99.3 Å². The molecule has 6 atom stereocenters. The van der Waals surface area contributed by atoms with Gasteiger partial charge in [0.1, 0.15) is 24.7 Å². The number of ether oxygens (including phenoxy) is 4. The van der Waals surface area contributed by atoms with Gasteiger partial charge < -0.3 is 40.6 Å². The number of aliphatic hydroxyl groups excluding tert-OH is 2. The first-order chi connectivity index (χ1) is 30.6. The Morgan fingerprint density at radius 3 is 1.25 bits per heavy atom. The zero-order valence-electron chi connectivity index (χ0n) is 37.8. The molecule has 0 fully saturated rings. The molecule has 14 heteroatoms. The number of unbranched alkanes of at least 4 members (excludes halogenated alkanes) is 2. The van der Waals surface area contributed by atoms with Crippen LogP contribution in [-0.2, 0) is 29.1 Å². The van der Waals surface area contributed by atoms with Crippen molar-refractivity contribution in [3.05, 3.63) is 107 Å². The molecule has 12 nitrogen and oxygen atoms in total. The van der Waals surface area contributed by atoms with E-state index in [-0.39, 0.29) is 21.3 Å². The van der Waals surface area contributed by atoms with E-state index in [1.807, 2.05) is 62.4 Å². The fourth-order valence-corrected chi connectivity index (χ4v) is 14.3. The maximum Gasteiger partial charge on any atom is 0.179 e. The molecule has 2 unspecified atom stereocenters. The van der Waals surface area contributed by atoms with Gasteiger partial charge in [-0.2, -0.15) is 0 Å². The van der Waals surface area contributed by atoms with Crippen molar-refractivity contribution in [2.75, 3.05) is 62.6 Å². The first kappa shape index (κ1) is 49.3. The van der Waals surface area contributed by atoms with E-state index in [1.165, 1.54) is 0 Å². The molecule has 0 saturated heterocycles. The van der Waals surface area contributed by atoms with Gasteiger partial charge in [0.05, 0.1) is 59.9 Å². The molecule has 0 aromatic heterocycles. The minimum atomic E-state index is -3.68. The van der Waals surface area contributed by atoms with Gasteiger partial charge in [-0.05, 0) is 109 Å². The fraction of sp³-hybridized carbons (Fsp3) is 0.520. The van der Waals surface area contributed by atoms with E-state index < -0.39 is 54.5 Å². The number of aliphatic hydroxyl groups is 2. The van der Waals surface area contributed by atoms with Gasteiger partial charge in [-0.3, -0.25) is 0 Å². The van der Waals surface area contributed by atoms with Crippen LogP contribution < -0.4 is 20.9 Å². The second kappa shape index (κ2) is 21.4. The summed E-state index contributed by atoms with van der Waals surface area (Å²) in [6.07, 6.45) is 3.84. The minimum absolute atomic E-state index is 0.112. The number of nitrogens with two attached hydrogens (primary N) is 2. The maximum absolute atomic E-state index is 13.8. The summed E-state index contributed by atoms with van der Waals surface area (Å²) in [4.78, 5) is 0.457. The summed E-state index contributed by atoms with van der Waals surface area (Å²) in [6, 6.07) is 24.6. The molecule has 0 spiro atoms. The molecule has 4 aromatic carbocycles. The molecule has 0 radical (unpaired) electrons. The molecule has 2 aliphatic heterocycles. The molecule has 0 aliphatic carbocycles. The summed E-state index contributed by atoms with van der Waals surface area (Å²) in [5.41, 5.74) is 14.3. The summed E-state index contributed by atoms with van der Waals surface area (Å²) in [6.45, 7) is 10.1. The van der Waals surface area contributed by atoms with Crippen molar-refractivity contribution >= 4 is 31.0 Å². The van der Waals surface area contributed by atoms with Crippen LogP contribution in [0.4, 0.5) is 11.4 Å². The third-order valence-electron chi connectivity index (χ3n) is 13.6. The highest BCUT2D eigenvalue weighted by molar-refractivity contribution is 7.91. The Kier molecular flexibility index (Phi) is 16.5. The number of rotatable bonds is 21. The Bertz CT molecular complexity index is 2210. The van der Waals surface area contributed by atoms with E-state index in [2.05, 4.69) is 13.8 Å². The molecule has 6 rings (SSSR count). The number of fused-ring (bicyclic) bond motifs is 2. The minimum Gasteiger partial charge on any atom is -0.491 e. The number of hydrogen-bond donors (Lipinski definition) is 4. The van der Waals surface area contributed by atoms with Crippen molar-refractivity contribution in [1.82, 2.24) is 0 Å². The smallest absolute Gasteiger partial charge is 0.179 e. The summed E-state index contributed by atoms with van der Waals surface area (Å²) in [5, 5.41) is 24.2. The van der Waals surface area contributed by atoms with E-state index in [9.17, 15) is 27.0 Å². The monoisotopic (exact) mass is 920 g/mol. The molecule has 2 heterocycles. The van der Waals surface area contributed by atoms with Crippen molar-refractivity contribution in [1.29, 1.82) is 0 Å². The van der Waals surface area contributed by atoms with E-state index in [4.69, 9.17) is 30.4 Å². The van der Waals surface area contributed by atoms with Gasteiger partial charge in [0.2, 0.25) is 0 Å². The van der Waals surface area contributed by atoms with E-state index >= 15 is 0 Å². The molecule has 0 bridgehead atoms. The average molecular weight is 921 g/mol. The highest BCUT2D eigenvalue weighted by Gasteiger charge is 2.50. The average Bonchev–Trinajstić information content (AvgIpc) is 3.39. The lowest BCUT2D eigenvalue weighted by Crippen LogP contribution is -2.42. The molecule has 0 saturated carbocycles. The molecule has 350 valence electrons. The Morgan fingerprint density at radius 1 is 0.547 bits per heavy atom. The first-order valence-corrected chi connectivity index (χ1v) is 26.2. The highest BCUT2D eigenvalue weighted by atomic mass is 32.2. The maximum atomic E-state index is 13.8. The summed E-state index contributed by atoms with van der Waals surface area (Å²) in [7, 11) is -7.36. The van der Waals surface area contributed by atoms with Crippen LogP contribution in [0.5, 0.6) is 11.5 Å². The predicted octanol–water partition coefficient (Wildman–Crippen LogP) is 8.08. The lowest BCUT2D eigenvalue weighted by Gasteiger charge is -2.39. The largest absolute Gasteiger partial charge is 0.491 e. The standard InChI is InChI=1S/C50H68N2O10S2/c1-5-9-23-49(7-3)33-63(55,56)43-21-15-37(51)31-41(43)45(47(49)53)35-11-17-39(18-12-35)61-29-27-59-25-26-60-28-30-62-40-19-13-36(14-20-40)46-42-32-38(52)16-22-44(42)64(57,58)34-50(8-4,48(46)54)24-10-6-2/h11-22,31-32,45-48,53-54H,5-10,23-30,33-34,51-52H2,1-4H3/t45-,46+,47?,48?,49-,50+. The Labute approximate surface area is 380 Å². The van der Waals surface area contributed by atoms with Crippen LogP contribution in [0.1, 0.15) is 113 Å². The van der Waals surface area contributed by atoms with Gasteiger partial charge in [-0.1, -0.05) is 77.6 Å². The number of hydrogen-bond acceptors (Lipinski definition) is 12. The van der Waals surface area contributed by atoms with Crippen molar-refractivity contribution in [2.24, 2.45) is 10.8 Å². The SMILES string of the molecule is CCCC[C@]1(CC)CS(=O)(=O)c2ccc(N)cc2[C@@H](c2ccc(OCCOCCOCCOc3ccc([C@H]4c5cc(N)ccc5S(=O)(=O)C[C@](CC)(CCCC)C4O)cc3)cc2)C1O. The van der Waals surface area contributed by atoms with Crippen LogP contribution in [0.2, 0.25) is 0 Å². The topological polar surface area (TPSA) is 198 Å². The molecule has 2 aliphatic rings. The van der Waals surface area contributed by atoms with Gasteiger partial charge in [0, 0.05) is 34.0 Å². The van der Waals surface area contributed by atoms with Crippen molar-refractivity contribution in [2.45, 2.75) is 113 Å². The number of nitrogen functional groups attached to an aromatic ring is 2. The third kappa shape index (κ3) is 10.9. The van der Waals surface area contributed by atoms with Gasteiger partial charge in [-0.25, -0.2) is 16.8 Å². The van der Waals surface area contributed by atoms with E-state index in [1.54, 1.807) is 36.4 Å². The summed E-state index contributed by atoms with van der Waals surface area (Å²) < 4.78 is 78.4. The van der Waals surface area contributed by atoms with Crippen molar-refractivity contribution in [3.63, 3.8) is 0 Å². The molecule has 6 N–H and O–H groups in total. The lowest BCUT2D eigenvalue weighted by molar-refractivity contribution is 0.0173. The highest BCUT2D eigenvalue weighted by Crippen LogP contribution is 2.51. The van der Waals surface area contributed by atoms with Gasteiger partial charge in [-0.15, -0.1) is 0 Å². The number of anilines is 2. The molecule has 4 aromatic rings. The van der Waals surface area contributed by atoms with Gasteiger partial charge in [0.15, 0.2) is 19.7 Å². The van der Waals surface area contributed by atoms with Gasteiger partial charge >= 0.3 is 0 Å². The number of sulfone groups is 2. The molecule has 64 heavy (non-hydrogen) atoms. The van der Waals surface area contributed by atoms with Crippen LogP contribution in [0.3, 0.4) is 0 Å². The molecule has 0 amide bonds. The predicted molar refractivity (Wildman–Crippen MR) is 252 cm³/mol. The quantitative estimate of drug-likeness (QED) is 0.0464. The zero-order chi connectivity index (χ0) is 46.1. The second-order valence-corrected chi connectivity index (χ2v) is 21.6. The zero-order valence-corrected chi connectivity index (χ0v) is 39.5. The van der Waals surface area contributed by atoms with Crippen molar-refractivity contribution < 1.29 is 46.0 Å². The first-order valence-electron chi connectivity index (χ1n) is 22.9. The lowest BCUT2D eigenvalue weighted by atomic mass is 9.69. The Balaban J connectivity index is 0.970. The van der Waals surface area contributed by atoms with Crippen LogP contribution in [0, 0.1) is 10.8 Å². The fourth-order valence-electron chi connectivity index (χ4n) is 9.82. The van der Waals surface area contributed by atoms with Crippen molar-refractivity contribution in [3.8, 4) is 11.5 Å². The Hall–Kier alpha value is -4.18. The summed E-state index contributed by atoms with van der Waals surface area (Å²) in [5.74, 6) is -0.137. The normalized spacial score (nSPS) is 24.8. The summed E-state index contributed by atoms with van der Waals surface area (Å²) >= 11 is 0. The van der Waals surface area contributed by atoms with Crippen LogP contribution in [0.15, 0.2) is 94.7 Å². The number of benzene rings is 4. The van der Waals surface area contributed by atoms with Gasteiger partial charge in [0.25, 0.3) is 0 Å². The third-order valence-corrected chi connectivity index (χ3v) is 17.6. The van der Waals surface area contributed by atoms with E-state index in [0.717, 1.165) is 36.8 Å². The second-order valence-electron chi connectivity index (χ2n) is 17.7. The van der Waals surface area contributed by atoms with Crippen LogP contribution >= 0.6 is 0 Å². The molecular formula is C50H68N2O10S2. The molecular weight excluding hydrogens is 853 g/mol. The Morgan fingerprint density at radius 2 is 0.906 bits per heavy atom.